The molecule has 1 atom stereocenters. The summed E-state index contributed by atoms with van der Waals surface area (Å²) in [7, 11) is 1.41. The Balaban J connectivity index is 2.96. The van der Waals surface area contributed by atoms with Gasteiger partial charge in [-0.05, 0) is 13.0 Å². The van der Waals surface area contributed by atoms with Crippen molar-refractivity contribution in [3.63, 3.8) is 0 Å². The number of amides is 1. The van der Waals surface area contributed by atoms with Crippen molar-refractivity contribution in [3.05, 3.63) is 39.7 Å². The van der Waals surface area contributed by atoms with E-state index in [1.165, 1.54) is 14.0 Å². The lowest BCUT2D eigenvalue weighted by Gasteiger charge is -2.18. The van der Waals surface area contributed by atoms with Crippen LogP contribution >= 0.6 is 0 Å². The van der Waals surface area contributed by atoms with Gasteiger partial charge in [0.1, 0.15) is 5.82 Å². The molecule has 98 valence electrons. The van der Waals surface area contributed by atoms with Gasteiger partial charge in [0.05, 0.1) is 22.7 Å². The van der Waals surface area contributed by atoms with Crippen LogP contribution in [0.5, 0.6) is 0 Å². The van der Waals surface area contributed by atoms with Crippen molar-refractivity contribution in [1.29, 1.82) is 0 Å². The quantitative estimate of drug-likeness (QED) is 0.647. The number of aliphatic hydroxyl groups excluding tert-OH is 1. The lowest BCUT2D eigenvalue weighted by atomic mass is 10.1. The standard InChI is InChI=1S/C11H13FN2O4/c1-7(15)6-13(2)11(16)9-4-3-8(14(17)18)5-10(9)12/h3-5,7,15H,6H2,1-2H3. The zero-order chi connectivity index (χ0) is 13.9. The smallest absolute Gasteiger partial charge is 0.272 e. The number of likely N-dealkylation sites (N-methyl/N-ethyl adjacent to an activating group) is 1. The number of nitro groups is 1. The molecule has 0 saturated carbocycles. The summed E-state index contributed by atoms with van der Waals surface area (Å²) in [5.41, 5.74) is -0.675. The second-order valence-corrected chi connectivity index (χ2v) is 3.96. The first-order valence-electron chi connectivity index (χ1n) is 5.20. The zero-order valence-corrected chi connectivity index (χ0v) is 9.96. The molecule has 1 aromatic carbocycles. The van der Waals surface area contributed by atoms with Crippen LogP contribution < -0.4 is 0 Å². The fourth-order valence-electron chi connectivity index (χ4n) is 1.48. The highest BCUT2D eigenvalue weighted by Crippen LogP contribution is 2.17. The molecule has 0 spiro atoms. The normalized spacial score (nSPS) is 12.0. The summed E-state index contributed by atoms with van der Waals surface area (Å²) in [5.74, 6) is -1.59. The highest BCUT2D eigenvalue weighted by Gasteiger charge is 2.19. The van der Waals surface area contributed by atoms with Crippen LogP contribution in [0.4, 0.5) is 10.1 Å². The van der Waals surface area contributed by atoms with E-state index in [1.54, 1.807) is 0 Å². The monoisotopic (exact) mass is 256 g/mol. The van der Waals surface area contributed by atoms with E-state index < -0.39 is 28.4 Å². The lowest BCUT2D eigenvalue weighted by molar-refractivity contribution is -0.385. The van der Waals surface area contributed by atoms with Gasteiger partial charge in [0.15, 0.2) is 0 Å². The predicted octanol–water partition coefficient (Wildman–Crippen LogP) is 1.19. The number of benzene rings is 1. The molecule has 1 unspecified atom stereocenters. The van der Waals surface area contributed by atoms with E-state index in [-0.39, 0.29) is 12.1 Å². The second-order valence-electron chi connectivity index (χ2n) is 3.96. The van der Waals surface area contributed by atoms with Gasteiger partial charge in [-0.1, -0.05) is 0 Å². The molecule has 0 bridgehead atoms. The lowest BCUT2D eigenvalue weighted by Crippen LogP contribution is -2.33. The SMILES string of the molecule is CC(O)CN(C)C(=O)c1ccc([N+](=O)[O-])cc1F. The van der Waals surface area contributed by atoms with Crippen molar-refractivity contribution in [2.45, 2.75) is 13.0 Å². The minimum absolute atomic E-state index is 0.0509. The highest BCUT2D eigenvalue weighted by molar-refractivity contribution is 5.94. The molecule has 18 heavy (non-hydrogen) atoms. The average molecular weight is 256 g/mol. The van der Waals surface area contributed by atoms with Gasteiger partial charge < -0.3 is 10.0 Å². The van der Waals surface area contributed by atoms with E-state index in [9.17, 15) is 19.3 Å². The van der Waals surface area contributed by atoms with Crippen LogP contribution in [0.1, 0.15) is 17.3 Å². The number of hydrogen-bond acceptors (Lipinski definition) is 4. The molecule has 7 heteroatoms. The molecule has 0 aromatic heterocycles. The van der Waals surface area contributed by atoms with E-state index in [0.29, 0.717) is 6.07 Å². The van der Waals surface area contributed by atoms with Crippen LogP contribution in [0.25, 0.3) is 0 Å². The van der Waals surface area contributed by atoms with Crippen LogP contribution in [-0.4, -0.2) is 40.5 Å². The van der Waals surface area contributed by atoms with Crippen LogP contribution in [0.2, 0.25) is 0 Å². The molecule has 0 radical (unpaired) electrons. The first kappa shape index (κ1) is 14.0. The summed E-state index contributed by atoms with van der Waals surface area (Å²) in [6.45, 7) is 1.55. The van der Waals surface area contributed by atoms with Gasteiger partial charge in [0.25, 0.3) is 11.6 Å². The molecular weight excluding hydrogens is 243 g/mol. The number of nitro benzene ring substituents is 1. The van der Waals surface area contributed by atoms with Gasteiger partial charge in [0, 0.05) is 19.7 Å². The Morgan fingerprint density at radius 3 is 2.67 bits per heavy atom. The molecule has 0 aliphatic rings. The fourth-order valence-corrected chi connectivity index (χ4v) is 1.48. The summed E-state index contributed by atoms with van der Waals surface area (Å²) in [6.07, 6.45) is -0.736. The number of carbonyl (C=O) groups excluding carboxylic acids is 1. The van der Waals surface area contributed by atoms with E-state index >= 15 is 0 Å². The summed E-state index contributed by atoms with van der Waals surface area (Å²) in [5, 5.41) is 19.6. The topological polar surface area (TPSA) is 83.7 Å². The molecule has 0 fully saturated rings. The maximum absolute atomic E-state index is 13.5. The molecule has 6 nitrogen and oxygen atoms in total. The molecule has 0 saturated heterocycles. The van der Waals surface area contributed by atoms with Gasteiger partial charge in [-0.15, -0.1) is 0 Å². The van der Waals surface area contributed by atoms with Crippen molar-refractivity contribution in [2.24, 2.45) is 0 Å². The van der Waals surface area contributed by atoms with Gasteiger partial charge in [0.2, 0.25) is 0 Å². The first-order chi connectivity index (χ1) is 8.32. The summed E-state index contributed by atoms with van der Waals surface area (Å²) in [6, 6.07) is 2.82. The van der Waals surface area contributed by atoms with Crippen molar-refractivity contribution in [2.75, 3.05) is 13.6 Å². The minimum Gasteiger partial charge on any atom is -0.392 e. The summed E-state index contributed by atoms with van der Waals surface area (Å²) in [4.78, 5) is 22.6. The van der Waals surface area contributed by atoms with Crippen molar-refractivity contribution in [1.82, 2.24) is 4.90 Å². The van der Waals surface area contributed by atoms with E-state index in [2.05, 4.69) is 0 Å². The van der Waals surface area contributed by atoms with Crippen LogP contribution in [0.3, 0.4) is 0 Å². The molecule has 0 aliphatic carbocycles. The highest BCUT2D eigenvalue weighted by atomic mass is 19.1. The third-order valence-electron chi connectivity index (χ3n) is 2.28. The number of rotatable bonds is 4. The molecule has 0 heterocycles. The third-order valence-corrected chi connectivity index (χ3v) is 2.28. The van der Waals surface area contributed by atoms with Crippen LogP contribution in [0, 0.1) is 15.9 Å². The first-order valence-corrected chi connectivity index (χ1v) is 5.20. The Bertz CT molecular complexity index is 476. The molecule has 0 aliphatic heterocycles. The van der Waals surface area contributed by atoms with Gasteiger partial charge in [-0.2, -0.15) is 0 Å². The summed E-state index contributed by atoms with van der Waals surface area (Å²) < 4.78 is 13.5. The second kappa shape index (κ2) is 5.54. The number of non-ortho nitro benzene ring substituents is 1. The zero-order valence-electron chi connectivity index (χ0n) is 9.96. The minimum atomic E-state index is -0.952. The molecule has 1 aromatic rings. The van der Waals surface area contributed by atoms with Crippen LogP contribution in [-0.2, 0) is 0 Å². The van der Waals surface area contributed by atoms with Gasteiger partial charge >= 0.3 is 0 Å². The Morgan fingerprint density at radius 1 is 1.61 bits per heavy atom. The third kappa shape index (κ3) is 3.24. The largest absolute Gasteiger partial charge is 0.392 e. The number of carbonyl (C=O) groups is 1. The molecular formula is C11H13FN2O4. The molecule has 1 N–H and O–H groups in total. The Kier molecular flexibility index (Phi) is 4.33. The average Bonchev–Trinajstić information content (AvgIpc) is 2.26. The molecule has 1 rings (SSSR count). The van der Waals surface area contributed by atoms with Gasteiger partial charge in [-0.25, -0.2) is 4.39 Å². The predicted molar refractivity (Wildman–Crippen MR) is 61.7 cm³/mol. The summed E-state index contributed by atoms with van der Waals surface area (Å²) >= 11 is 0. The molecule has 1 amide bonds. The number of nitrogens with zero attached hydrogens (tertiary/aromatic N) is 2. The van der Waals surface area contributed by atoms with Crippen LogP contribution in [0.15, 0.2) is 18.2 Å². The Labute approximate surface area is 103 Å². The van der Waals surface area contributed by atoms with Crippen molar-refractivity contribution >= 4 is 11.6 Å². The van der Waals surface area contributed by atoms with Crippen molar-refractivity contribution in [3.8, 4) is 0 Å². The maximum Gasteiger partial charge on any atom is 0.272 e. The van der Waals surface area contributed by atoms with Gasteiger partial charge in [-0.3, -0.25) is 14.9 Å². The number of hydrogen-bond donors (Lipinski definition) is 1. The van der Waals surface area contributed by atoms with E-state index in [1.807, 2.05) is 0 Å². The Morgan fingerprint density at radius 2 is 2.22 bits per heavy atom. The Hall–Kier alpha value is -2.02. The number of halogens is 1. The van der Waals surface area contributed by atoms with E-state index in [0.717, 1.165) is 17.0 Å². The van der Waals surface area contributed by atoms with Crippen molar-refractivity contribution < 1.29 is 19.2 Å². The maximum atomic E-state index is 13.5. The fraction of sp³-hybridized carbons (Fsp3) is 0.364. The number of aliphatic hydroxyl groups is 1. The van der Waals surface area contributed by atoms with E-state index in [4.69, 9.17) is 5.11 Å².